The Morgan fingerprint density at radius 3 is 2.90 bits per heavy atom. The molecule has 0 fully saturated rings. The van der Waals surface area contributed by atoms with Crippen molar-refractivity contribution in [3.63, 3.8) is 0 Å². The minimum absolute atomic E-state index is 0.222. The fourth-order valence-corrected chi connectivity index (χ4v) is 2.95. The van der Waals surface area contributed by atoms with Gasteiger partial charge >= 0.3 is 5.97 Å². The molecule has 0 aromatic carbocycles. The summed E-state index contributed by atoms with van der Waals surface area (Å²) in [4.78, 5) is 15.9. The fraction of sp³-hybridized carbons (Fsp3) is 0.571. The van der Waals surface area contributed by atoms with Gasteiger partial charge in [-0.05, 0) is 44.7 Å². The number of likely N-dealkylation sites (N-methyl/N-ethyl adjacent to an activating group) is 1. The number of carbonyl (C=O) groups excluding carboxylic acids is 1. The van der Waals surface area contributed by atoms with Crippen LogP contribution in [0.3, 0.4) is 0 Å². The van der Waals surface area contributed by atoms with Crippen molar-refractivity contribution in [1.82, 2.24) is 10.3 Å². The van der Waals surface area contributed by atoms with Crippen molar-refractivity contribution in [3.05, 3.63) is 23.4 Å². The van der Waals surface area contributed by atoms with Gasteiger partial charge in [0.15, 0.2) is 0 Å². The number of thioether (sulfide) groups is 1. The maximum atomic E-state index is 11.7. The van der Waals surface area contributed by atoms with E-state index in [1.807, 2.05) is 19.1 Å². The molecule has 20 heavy (non-hydrogen) atoms. The average molecular weight is 317 g/mol. The zero-order valence-electron chi connectivity index (χ0n) is 12.1. The molecule has 4 nitrogen and oxygen atoms in total. The Balaban J connectivity index is 2.31. The third-order valence-corrected chi connectivity index (χ3v) is 4.73. The van der Waals surface area contributed by atoms with Crippen LogP contribution in [0.25, 0.3) is 0 Å². The molecule has 0 radical (unpaired) electrons. The number of halogens is 1. The van der Waals surface area contributed by atoms with Crippen LogP contribution in [0, 0.1) is 0 Å². The summed E-state index contributed by atoms with van der Waals surface area (Å²) in [7, 11) is 3.19. The van der Waals surface area contributed by atoms with Gasteiger partial charge in [-0.3, -0.25) is 4.79 Å². The minimum atomic E-state index is -0.609. The van der Waals surface area contributed by atoms with Gasteiger partial charge in [0.05, 0.1) is 12.1 Å². The van der Waals surface area contributed by atoms with Gasteiger partial charge < -0.3 is 10.1 Å². The highest BCUT2D eigenvalue weighted by Crippen LogP contribution is 2.25. The second-order valence-corrected chi connectivity index (χ2v) is 6.16. The van der Waals surface area contributed by atoms with E-state index in [0.717, 1.165) is 30.0 Å². The summed E-state index contributed by atoms with van der Waals surface area (Å²) in [6, 6.07) is 3.66. The Labute approximate surface area is 129 Å². The van der Waals surface area contributed by atoms with Crippen LogP contribution >= 0.6 is 23.4 Å². The van der Waals surface area contributed by atoms with Gasteiger partial charge in [-0.1, -0.05) is 18.0 Å². The molecule has 1 aromatic heterocycles. The highest BCUT2D eigenvalue weighted by molar-refractivity contribution is 7.99. The van der Waals surface area contributed by atoms with Gasteiger partial charge in [-0.15, -0.1) is 11.8 Å². The highest BCUT2D eigenvalue weighted by Gasteiger charge is 2.31. The van der Waals surface area contributed by atoms with E-state index in [1.54, 1.807) is 25.0 Å². The number of unbranched alkanes of at least 4 members (excludes halogenated alkanes) is 1. The quantitative estimate of drug-likeness (QED) is 0.453. The van der Waals surface area contributed by atoms with Crippen molar-refractivity contribution in [3.8, 4) is 0 Å². The minimum Gasteiger partial charge on any atom is -0.468 e. The zero-order chi connectivity index (χ0) is 15.0. The lowest BCUT2D eigenvalue weighted by molar-refractivity contribution is -0.148. The van der Waals surface area contributed by atoms with Crippen molar-refractivity contribution in [2.75, 3.05) is 19.9 Å². The predicted molar refractivity (Wildman–Crippen MR) is 83.3 cm³/mol. The molecular weight excluding hydrogens is 296 g/mol. The summed E-state index contributed by atoms with van der Waals surface area (Å²) in [6.45, 7) is 1.86. The van der Waals surface area contributed by atoms with E-state index < -0.39 is 5.54 Å². The zero-order valence-corrected chi connectivity index (χ0v) is 13.7. The number of nitrogens with zero attached hydrogens (tertiary/aromatic N) is 1. The second kappa shape index (κ2) is 8.49. The second-order valence-electron chi connectivity index (χ2n) is 4.67. The molecule has 0 aliphatic rings. The van der Waals surface area contributed by atoms with Crippen LogP contribution in [-0.2, 0) is 9.53 Å². The van der Waals surface area contributed by atoms with Crippen molar-refractivity contribution >= 4 is 29.3 Å². The topological polar surface area (TPSA) is 51.2 Å². The van der Waals surface area contributed by atoms with Gasteiger partial charge in [0.1, 0.15) is 10.6 Å². The van der Waals surface area contributed by atoms with Gasteiger partial charge in [0, 0.05) is 6.20 Å². The predicted octanol–water partition coefficient (Wildman–Crippen LogP) is 3.15. The molecule has 0 saturated carbocycles. The number of methoxy groups -OCH3 is 1. The molecule has 0 spiro atoms. The molecule has 0 amide bonds. The van der Waals surface area contributed by atoms with Crippen LogP contribution in [0.4, 0.5) is 0 Å². The molecule has 1 heterocycles. The van der Waals surface area contributed by atoms with E-state index in [1.165, 1.54) is 7.11 Å². The first-order valence-corrected chi connectivity index (χ1v) is 7.90. The molecule has 1 atom stereocenters. The number of aromatic nitrogens is 1. The Kier molecular flexibility index (Phi) is 7.34. The van der Waals surface area contributed by atoms with Crippen molar-refractivity contribution in [1.29, 1.82) is 0 Å². The van der Waals surface area contributed by atoms with Gasteiger partial charge in [-0.2, -0.15) is 0 Å². The molecule has 0 aliphatic heterocycles. The normalized spacial score (nSPS) is 13.8. The summed E-state index contributed by atoms with van der Waals surface area (Å²) in [5, 5.41) is 4.58. The number of ether oxygens (including phenoxy) is 1. The number of carbonyl (C=O) groups is 1. The lowest BCUT2D eigenvalue weighted by atomic mass is 9.95. The van der Waals surface area contributed by atoms with Gasteiger partial charge in [0.25, 0.3) is 0 Å². The molecule has 6 heteroatoms. The molecular formula is C14H21ClN2O2S. The van der Waals surface area contributed by atoms with E-state index in [-0.39, 0.29) is 5.97 Å². The summed E-state index contributed by atoms with van der Waals surface area (Å²) >= 11 is 7.68. The summed E-state index contributed by atoms with van der Waals surface area (Å²) in [5.41, 5.74) is -0.609. The third-order valence-electron chi connectivity index (χ3n) is 3.22. The molecule has 112 valence electrons. The van der Waals surface area contributed by atoms with Crippen molar-refractivity contribution in [2.24, 2.45) is 0 Å². The average Bonchev–Trinajstić information content (AvgIpc) is 2.47. The van der Waals surface area contributed by atoms with Crippen LogP contribution in [0.1, 0.15) is 26.2 Å². The first-order valence-electron chi connectivity index (χ1n) is 6.54. The first kappa shape index (κ1) is 17.3. The van der Waals surface area contributed by atoms with Crippen molar-refractivity contribution in [2.45, 2.75) is 36.8 Å². The van der Waals surface area contributed by atoms with E-state index in [9.17, 15) is 4.79 Å². The van der Waals surface area contributed by atoms with Gasteiger partial charge in [-0.25, -0.2) is 4.98 Å². The van der Waals surface area contributed by atoms with Crippen LogP contribution in [0.5, 0.6) is 0 Å². The number of hydrogen-bond acceptors (Lipinski definition) is 5. The van der Waals surface area contributed by atoms with Crippen molar-refractivity contribution < 1.29 is 9.53 Å². The number of pyridine rings is 1. The van der Waals surface area contributed by atoms with Gasteiger partial charge in [0.2, 0.25) is 0 Å². The Morgan fingerprint density at radius 2 is 2.30 bits per heavy atom. The van der Waals surface area contributed by atoms with E-state index in [4.69, 9.17) is 16.3 Å². The summed E-state index contributed by atoms with van der Waals surface area (Å²) in [6.07, 6.45) is 4.41. The molecule has 0 aliphatic carbocycles. The lowest BCUT2D eigenvalue weighted by Gasteiger charge is -2.25. The summed E-state index contributed by atoms with van der Waals surface area (Å²) < 4.78 is 4.81. The molecule has 1 rings (SSSR count). The number of rotatable bonds is 8. The van der Waals surface area contributed by atoms with Crippen LogP contribution < -0.4 is 5.32 Å². The molecule has 0 saturated heterocycles. The maximum absolute atomic E-state index is 11.7. The molecule has 0 bridgehead atoms. The van der Waals surface area contributed by atoms with Crippen LogP contribution in [0.15, 0.2) is 23.4 Å². The Morgan fingerprint density at radius 1 is 1.55 bits per heavy atom. The largest absolute Gasteiger partial charge is 0.468 e. The van der Waals surface area contributed by atoms with Crippen LogP contribution in [-0.4, -0.2) is 36.4 Å². The Bertz CT molecular complexity index is 445. The third kappa shape index (κ3) is 4.96. The lowest BCUT2D eigenvalue weighted by Crippen LogP contribution is -2.48. The first-order chi connectivity index (χ1) is 9.53. The molecule has 1 aromatic rings. The monoisotopic (exact) mass is 316 g/mol. The number of esters is 1. The molecule has 1 unspecified atom stereocenters. The van der Waals surface area contributed by atoms with E-state index in [2.05, 4.69) is 10.3 Å². The molecule has 1 N–H and O–H groups in total. The Hall–Kier alpha value is -0.780. The SMILES string of the molecule is CNC(C)(CCCCSc1ncccc1Cl)C(=O)OC. The van der Waals surface area contributed by atoms with E-state index in [0.29, 0.717) is 5.02 Å². The standard InChI is InChI=1S/C14H21ClN2O2S/c1-14(16-2,13(18)19-3)8-4-5-10-20-12-11(15)7-6-9-17-12/h6-7,9,16H,4-5,8,10H2,1-3H3. The highest BCUT2D eigenvalue weighted by atomic mass is 35.5. The maximum Gasteiger partial charge on any atom is 0.325 e. The number of nitrogens with one attached hydrogen (secondary N) is 1. The number of hydrogen-bond donors (Lipinski definition) is 1. The van der Waals surface area contributed by atoms with E-state index >= 15 is 0 Å². The van der Waals surface area contributed by atoms with Crippen LogP contribution in [0.2, 0.25) is 5.02 Å². The smallest absolute Gasteiger partial charge is 0.325 e. The summed E-state index contributed by atoms with van der Waals surface area (Å²) in [5.74, 6) is 0.706. The fourth-order valence-electron chi connectivity index (χ4n) is 1.78.